The molecule has 4 nitrogen and oxygen atoms in total. The number of amides is 1. The summed E-state index contributed by atoms with van der Waals surface area (Å²) in [6.45, 7) is 2.84. The average molecular weight is 339 g/mol. The normalized spacial score (nSPS) is 18.5. The van der Waals surface area contributed by atoms with Crippen LogP contribution < -0.4 is 0 Å². The predicted molar refractivity (Wildman–Crippen MR) is 86.3 cm³/mol. The highest BCUT2D eigenvalue weighted by Crippen LogP contribution is 2.29. The first-order valence-electron chi connectivity index (χ1n) is 7.29. The van der Waals surface area contributed by atoms with Crippen molar-refractivity contribution in [2.75, 3.05) is 6.54 Å². The van der Waals surface area contributed by atoms with Crippen LogP contribution in [0.1, 0.15) is 36.7 Å². The van der Waals surface area contributed by atoms with Gasteiger partial charge in [0, 0.05) is 24.2 Å². The van der Waals surface area contributed by atoms with Gasteiger partial charge in [-0.3, -0.25) is 4.79 Å². The number of carbonyl (C=O) groups excluding carboxylic acids is 1. The van der Waals surface area contributed by atoms with Gasteiger partial charge in [0.15, 0.2) is 11.5 Å². The van der Waals surface area contributed by atoms with Crippen molar-refractivity contribution < 1.29 is 9.32 Å². The molecule has 0 N–H and O–H groups in total. The van der Waals surface area contributed by atoms with Crippen LogP contribution in [0.3, 0.4) is 0 Å². The Kier molecular flexibility index (Phi) is 4.41. The number of aromatic nitrogens is 1. The second kappa shape index (κ2) is 6.31. The maximum Gasteiger partial charge on any atom is 0.276 e. The van der Waals surface area contributed by atoms with Gasteiger partial charge in [-0.1, -0.05) is 28.4 Å². The number of benzene rings is 1. The zero-order chi connectivity index (χ0) is 15.7. The van der Waals surface area contributed by atoms with Gasteiger partial charge in [0.25, 0.3) is 5.91 Å². The number of piperidine rings is 1. The number of rotatable bonds is 2. The van der Waals surface area contributed by atoms with Gasteiger partial charge in [-0.05, 0) is 44.4 Å². The van der Waals surface area contributed by atoms with E-state index in [-0.39, 0.29) is 11.9 Å². The molecule has 1 amide bonds. The third kappa shape index (κ3) is 2.99. The highest BCUT2D eigenvalue weighted by molar-refractivity contribution is 6.42. The van der Waals surface area contributed by atoms with Crippen molar-refractivity contribution in [3.63, 3.8) is 0 Å². The quantitative estimate of drug-likeness (QED) is 0.799. The number of hydrogen-bond acceptors (Lipinski definition) is 3. The van der Waals surface area contributed by atoms with Crippen LogP contribution in [0.25, 0.3) is 11.3 Å². The van der Waals surface area contributed by atoms with E-state index in [1.54, 1.807) is 24.3 Å². The Labute approximate surface area is 139 Å². The van der Waals surface area contributed by atoms with Crippen molar-refractivity contribution >= 4 is 29.1 Å². The standard InChI is InChI=1S/C16H16Cl2N2O2/c1-10-4-2-3-7-20(10)16(21)14-9-15(22-19-14)11-5-6-12(17)13(18)8-11/h5-6,8-10H,2-4,7H2,1H3/t10-/m1/s1. The maximum absolute atomic E-state index is 12.5. The molecule has 0 bridgehead atoms. The second-order valence-electron chi connectivity index (χ2n) is 5.55. The molecule has 6 heteroatoms. The lowest BCUT2D eigenvalue weighted by Gasteiger charge is -2.32. The summed E-state index contributed by atoms with van der Waals surface area (Å²) in [5.41, 5.74) is 1.07. The van der Waals surface area contributed by atoms with Crippen LogP contribution in [0.2, 0.25) is 10.0 Å². The topological polar surface area (TPSA) is 46.3 Å². The van der Waals surface area contributed by atoms with E-state index in [4.69, 9.17) is 27.7 Å². The summed E-state index contributed by atoms with van der Waals surface area (Å²) in [5, 5.41) is 4.83. The van der Waals surface area contributed by atoms with Crippen LogP contribution in [0.4, 0.5) is 0 Å². The minimum atomic E-state index is -0.0812. The van der Waals surface area contributed by atoms with E-state index in [1.807, 2.05) is 4.90 Å². The summed E-state index contributed by atoms with van der Waals surface area (Å²) < 4.78 is 5.29. The monoisotopic (exact) mass is 338 g/mol. The molecule has 0 unspecified atom stereocenters. The lowest BCUT2D eigenvalue weighted by Crippen LogP contribution is -2.42. The molecule has 1 aromatic carbocycles. The molecule has 0 aliphatic carbocycles. The molecule has 1 fully saturated rings. The van der Waals surface area contributed by atoms with Gasteiger partial charge in [0.05, 0.1) is 10.0 Å². The number of carbonyl (C=O) groups is 1. The van der Waals surface area contributed by atoms with Crippen LogP contribution in [-0.2, 0) is 0 Å². The van der Waals surface area contributed by atoms with Gasteiger partial charge < -0.3 is 9.42 Å². The molecule has 1 atom stereocenters. The van der Waals surface area contributed by atoms with E-state index in [0.717, 1.165) is 31.4 Å². The summed E-state index contributed by atoms with van der Waals surface area (Å²) in [6, 6.07) is 7.07. The Morgan fingerprint density at radius 3 is 2.82 bits per heavy atom. The van der Waals surface area contributed by atoms with Crippen molar-refractivity contribution in [1.82, 2.24) is 10.1 Å². The number of likely N-dealkylation sites (tertiary alicyclic amines) is 1. The smallest absolute Gasteiger partial charge is 0.276 e. The lowest BCUT2D eigenvalue weighted by atomic mass is 10.0. The Hall–Kier alpha value is -1.52. The van der Waals surface area contributed by atoms with E-state index < -0.39 is 0 Å². The van der Waals surface area contributed by atoms with E-state index >= 15 is 0 Å². The first-order valence-corrected chi connectivity index (χ1v) is 8.05. The molecular weight excluding hydrogens is 323 g/mol. The molecule has 0 radical (unpaired) electrons. The number of hydrogen-bond donors (Lipinski definition) is 0. The Morgan fingerprint density at radius 1 is 1.27 bits per heavy atom. The summed E-state index contributed by atoms with van der Waals surface area (Å²) >= 11 is 11.9. The molecule has 1 saturated heterocycles. The maximum atomic E-state index is 12.5. The van der Waals surface area contributed by atoms with Gasteiger partial charge in [-0.2, -0.15) is 0 Å². The fourth-order valence-corrected chi connectivity index (χ4v) is 3.01. The van der Waals surface area contributed by atoms with Crippen LogP contribution >= 0.6 is 23.2 Å². The Bertz CT molecular complexity index is 699. The summed E-state index contributed by atoms with van der Waals surface area (Å²) in [4.78, 5) is 14.4. The Morgan fingerprint density at radius 2 is 2.09 bits per heavy atom. The largest absolute Gasteiger partial charge is 0.355 e. The van der Waals surface area contributed by atoms with Gasteiger partial charge in [-0.15, -0.1) is 0 Å². The minimum absolute atomic E-state index is 0.0812. The highest BCUT2D eigenvalue weighted by Gasteiger charge is 2.26. The minimum Gasteiger partial charge on any atom is -0.355 e. The van der Waals surface area contributed by atoms with Crippen LogP contribution in [-0.4, -0.2) is 28.6 Å². The molecule has 1 aromatic heterocycles. The fraction of sp³-hybridized carbons (Fsp3) is 0.375. The van der Waals surface area contributed by atoms with E-state index in [0.29, 0.717) is 21.5 Å². The third-order valence-electron chi connectivity index (χ3n) is 4.00. The third-order valence-corrected chi connectivity index (χ3v) is 4.74. The summed E-state index contributed by atoms with van der Waals surface area (Å²) in [7, 11) is 0. The first-order chi connectivity index (χ1) is 10.6. The molecule has 0 spiro atoms. The fourth-order valence-electron chi connectivity index (χ4n) is 2.71. The number of halogens is 2. The highest BCUT2D eigenvalue weighted by atomic mass is 35.5. The van der Waals surface area contributed by atoms with Crippen LogP contribution in [0, 0.1) is 0 Å². The zero-order valence-electron chi connectivity index (χ0n) is 12.2. The first kappa shape index (κ1) is 15.4. The molecule has 2 heterocycles. The predicted octanol–water partition coefficient (Wildman–Crippen LogP) is 4.66. The lowest BCUT2D eigenvalue weighted by molar-refractivity contribution is 0.0625. The summed E-state index contributed by atoms with van der Waals surface area (Å²) in [5.74, 6) is 0.425. The molecule has 116 valence electrons. The van der Waals surface area contributed by atoms with Crippen molar-refractivity contribution in [3.05, 3.63) is 40.0 Å². The number of nitrogens with zero attached hydrogens (tertiary/aromatic N) is 2. The van der Waals surface area contributed by atoms with Gasteiger partial charge >= 0.3 is 0 Å². The molecule has 1 aliphatic heterocycles. The molecule has 2 aromatic rings. The van der Waals surface area contributed by atoms with Crippen LogP contribution in [0.15, 0.2) is 28.8 Å². The summed E-state index contributed by atoms with van der Waals surface area (Å²) in [6.07, 6.45) is 3.23. The molecule has 0 saturated carbocycles. The van der Waals surface area contributed by atoms with Crippen molar-refractivity contribution in [2.45, 2.75) is 32.2 Å². The van der Waals surface area contributed by atoms with Crippen molar-refractivity contribution in [3.8, 4) is 11.3 Å². The Balaban J connectivity index is 1.83. The molecule has 1 aliphatic rings. The average Bonchev–Trinajstić information content (AvgIpc) is 3.00. The molecular formula is C16H16Cl2N2O2. The van der Waals surface area contributed by atoms with Gasteiger partial charge in [0.1, 0.15) is 0 Å². The second-order valence-corrected chi connectivity index (χ2v) is 6.36. The zero-order valence-corrected chi connectivity index (χ0v) is 13.7. The van der Waals surface area contributed by atoms with E-state index in [2.05, 4.69) is 12.1 Å². The van der Waals surface area contributed by atoms with E-state index in [1.165, 1.54) is 0 Å². The van der Waals surface area contributed by atoms with Gasteiger partial charge in [-0.25, -0.2) is 0 Å². The van der Waals surface area contributed by atoms with Crippen molar-refractivity contribution in [2.24, 2.45) is 0 Å². The molecule has 22 heavy (non-hydrogen) atoms. The van der Waals surface area contributed by atoms with Crippen molar-refractivity contribution in [1.29, 1.82) is 0 Å². The molecule has 3 rings (SSSR count). The SMILES string of the molecule is C[C@@H]1CCCCN1C(=O)c1cc(-c2ccc(Cl)c(Cl)c2)on1. The van der Waals surface area contributed by atoms with Crippen LogP contribution in [0.5, 0.6) is 0 Å². The van der Waals surface area contributed by atoms with E-state index in [9.17, 15) is 4.79 Å². The van der Waals surface area contributed by atoms with Gasteiger partial charge in [0.2, 0.25) is 0 Å².